The van der Waals surface area contributed by atoms with Crippen LogP contribution >= 0.6 is 0 Å². The summed E-state index contributed by atoms with van der Waals surface area (Å²) in [4.78, 5) is 25.9. The molecule has 1 aliphatic rings. The normalized spacial score (nSPS) is 19.7. The Kier molecular flexibility index (Phi) is 7.92. The van der Waals surface area contributed by atoms with E-state index in [0.29, 0.717) is 35.4 Å². The van der Waals surface area contributed by atoms with Crippen molar-refractivity contribution in [1.29, 1.82) is 0 Å². The number of methoxy groups -OCH3 is 2. The molecule has 2 unspecified atom stereocenters. The maximum Gasteiger partial charge on any atom is 0.255 e. The molecule has 1 heterocycles. The number of nitrogens with one attached hydrogen (secondary N) is 1. The SMILES string of the molecule is COc1cc(C(=O)NCCN2CC(C)CC(C)C2)cc(OC)c1OCC(N)=O. The van der Waals surface area contributed by atoms with Gasteiger partial charge >= 0.3 is 0 Å². The second-order valence-electron chi connectivity index (χ2n) is 7.43. The number of likely N-dealkylation sites (tertiary alicyclic amines) is 1. The number of piperidine rings is 1. The molecule has 2 rings (SSSR count). The van der Waals surface area contributed by atoms with E-state index in [4.69, 9.17) is 19.9 Å². The minimum atomic E-state index is -0.618. The van der Waals surface area contributed by atoms with E-state index in [-0.39, 0.29) is 18.3 Å². The van der Waals surface area contributed by atoms with Crippen molar-refractivity contribution < 1.29 is 23.8 Å². The number of hydrogen-bond acceptors (Lipinski definition) is 6. The van der Waals surface area contributed by atoms with Crippen LogP contribution in [0.15, 0.2) is 12.1 Å². The van der Waals surface area contributed by atoms with E-state index >= 15 is 0 Å². The number of hydrogen-bond donors (Lipinski definition) is 2. The maximum absolute atomic E-state index is 12.6. The topological polar surface area (TPSA) is 103 Å². The van der Waals surface area contributed by atoms with Crippen LogP contribution in [0, 0.1) is 11.8 Å². The molecule has 8 heteroatoms. The maximum atomic E-state index is 12.6. The largest absolute Gasteiger partial charge is 0.493 e. The smallest absolute Gasteiger partial charge is 0.255 e. The monoisotopic (exact) mass is 393 g/mol. The molecule has 2 amide bonds. The number of rotatable bonds is 9. The van der Waals surface area contributed by atoms with E-state index in [0.717, 1.165) is 19.6 Å². The van der Waals surface area contributed by atoms with Crippen LogP contribution in [-0.4, -0.2) is 63.7 Å². The standard InChI is InChI=1S/C20H31N3O5/c1-13-7-14(2)11-23(10-13)6-5-22-20(25)15-8-16(26-3)19(17(9-15)27-4)28-12-18(21)24/h8-9,13-14H,5-7,10-12H2,1-4H3,(H2,21,24)(H,22,25). The van der Waals surface area contributed by atoms with Gasteiger partial charge in [0.2, 0.25) is 5.75 Å². The van der Waals surface area contributed by atoms with Gasteiger partial charge in [0.25, 0.3) is 11.8 Å². The van der Waals surface area contributed by atoms with Crippen LogP contribution in [0.3, 0.4) is 0 Å². The molecular weight excluding hydrogens is 362 g/mol. The fourth-order valence-corrected chi connectivity index (χ4v) is 3.70. The van der Waals surface area contributed by atoms with Crippen molar-refractivity contribution in [2.45, 2.75) is 20.3 Å². The zero-order valence-corrected chi connectivity index (χ0v) is 17.1. The van der Waals surface area contributed by atoms with Gasteiger partial charge in [-0.2, -0.15) is 0 Å². The van der Waals surface area contributed by atoms with Crippen molar-refractivity contribution in [1.82, 2.24) is 10.2 Å². The third kappa shape index (κ3) is 6.02. The molecule has 2 atom stereocenters. The van der Waals surface area contributed by atoms with Gasteiger partial charge in [0, 0.05) is 31.7 Å². The van der Waals surface area contributed by atoms with Gasteiger partial charge < -0.3 is 30.2 Å². The molecule has 156 valence electrons. The zero-order chi connectivity index (χ0) is 20.7. The van der Waals surface area contributed by atoms with Gasteiger partial charge in [-0.25, -0.2) is 0 Å². The lowest BCUT2D eigenvalue weighted by Crippen LogP contribution is -2.42. The van der Waals surface area contributed by atoms with Crippen molar-refractivity contribution in [2.75, 3.05) is 47.0 Å². The summed E-state index contributed by atoms with van der Waals surface area (Å²) in [7, 11) is 2.90. The third-order valence-electron chi connectivity index (χ3n) is 4.74. The molecule has 0 saturated carbocycles. The molecule has 28 heavy (non-hydrogen) atoms. The molecule has 1 saturated heterocycles. The fraction of sp³-hybridized carbons (Fsp3) is 0.600. The molecule has 0 aliphatic carbocycles. The Balaban J connectivity index is 2.01. The molecule has 1 aromatic rings. The third-order valence-corrected chi connectivity index (χ3v) is 4.74. The summed E-state index contributed by atoms with van der Waals surface area (Å²) in [6, 6.07) is 3.11. The Morgan fingerprint density at radius 3 is 2.21 bits per heavy atom. The van der Waals surface area contributed by atoms with E-state index in [9.17, 15) is 9.59 Å². The van der Waals surface area contributed by atoms with E-state index < -0.39 is 5.91 Å². The Hall–Kier alpha value is -2.48. The number of carbonyl (C=O) groups excluding carboxylic acids is 2. The molecule has 0 aromatic heterocycles. The van der Waals surface area contributed by atoms with Gasteiger partial charge in [0.15, 0.2) is 18.1 Å². The highest BCUT2D eigenvalue weighted by atomic mass is 16.5. The van der Waals surface area contributed by atoms with E-state index in [1.165, 1.54) is 20.6 Å². The highest BCUT2D eigenvalue weighted by molar-refractivity contribution is 5.95. The number of amides is 2. The first-order valence-electron chi connectivity index (χ1n) is 9.51. The minimum Gasteiger partial charge on any atom is -0.493 e. The van der Waals surface area contributed by atoms with Crippen molar-refractivity contribution >= 4 is 11.8 Å². The number of carbonyl (C=O) groups is 2. The summed E-state index contributed by atoms with van der Waals surface area (Å²) in [5, 5.41) is 2.94. The zero-order valence-electron chi connectivity index (χ0n) is 17.1. The van der Waals surface area contributed by atoms with Crippen LogP contribution in [0.4, 0.5) is 0 Å². The van der Waals surface area contributed by atoms with Crippen LogP contribution in [0.25, 0.3) is 0 Å². The highest BCUT2D eigenvalue weighted by Gasteiger charge is 2.22. The number of primary amides is 1. The van der Waals surface area contributed by atoms with Crippen molar-refractivity contribution in [3.8, 4) is 17.2 Å². The number of benzene rings is 1. The van der Waals surface area contributed by atoms with E-state index in [1.807, 2.05) is 0 Å². The Bertz CT molecular complexity index is 659. The van der Waals surface area contributed by atoms with Crippen molar-refractivity contribution in [2.24, 2.45) is 17.6 Å². The first-order valence-corrected chi connectivity index (χ1v) is 9.51. The van der Waals surface area contributed by atoms with Crippen LogP contribution in [-0.2, 0) is 4.79 Å². The summed E-state index contributed by atoms with van der Waals surface area (Å²) in [5.41, 5.74) is 5.51. The van der Waals surface area contributed by atoms with Gasteiger partial charge in [-0.3, -0.25) is 9.59 Å². The molecular formula is C20H31N3O5. The Morgan fingerprint density at radius 2 is 1.71 bits per heavy atom. The van der Waals surface area contributed by atoms with Crippen LogP contribution in [0.1, 0.15) is 30.6 Å². The van der Waals surface area contributed by atoms with Gasteiger partial charge in [-0.1, -0.05) is 13.8 Å². The molecule has 8 nitrogen and oxygen atoms in total. The lowest BCUT2D eigenvalue weighted by Gasteiger charge is -2.34. The lowest BCUT2D eigenvalue weighted by atomic mass is 9.92. The lowest BCUT2D eigenvalue weighted by molar-refractivity contribution is -0.120. The Morgan fingerprint density at radius 1 is 1.14 bits per heavy atom. The minimum absolute atomic E-state index is 0.226. The quantitative estimate of drug-likeness (QED) is 0.655. The number of ether oxygens (including phenoxy) is 3. The molecule has 0 bridgehead atoms. The molecule has 1 aromatic carbocycles. The number of nitrogens with zero attached hydrogens (tertiary/aromatic N) is 1. The van der Waals surface area contributed by atoms with Crippen LogP contribution in [0.5, 0.6) is 17.2 Å². The molecule has 3 N–H and O–H groups in total. The summed E-state index contributed by atoms with van der Waals surface area (Å²) < 4.78 is 15.9. The summed E-state index contributed by atoms with van der Waals surface area (Å²) in [6.07, 6.45) is 1.26. The van der Waals surface area contributed by atoms with Crippen LogP contribution < -0.4 is 25.3 Å². The predicted molar refractivity (Wildman–Crippen MR) is 106 cm³/mol. The predicted octanol–water partition coefficient (Wildman–Crippen LogP) is 1.28. The second-order valence-corrected chi connectivity index (χ2v) is 7.43. The Labute approximate surface area is 166 Å². The molecule has 0 radical (unpaired) electrons. The van der Waals surface area contributed by atoms with E-state index in [2.05, 4.69) is 24.1 Å². The summed E-state index contributed by atoms with van der Waals surface area (Å²) in [5.74, 6) is 1.34. The second kappa shape index (κ2) is 10.2. The fourth-order valence-electron chi connectivity index (χ4n) is 3.70. The van der Waals surface area contributed by atoms with Crippen LogP contribution in [0.2, 0.25) is 0 Å². The van der Waals surface area contributed by atoms with Gasteiger partial charge in [0.1, 0.15) is 0 Å². The first kappa shape index (κ1) is 21.8. The average molecular weight is 393 g/mol. The van der Waals surface area contributed by atoms with Crippen molar-refractivity contribution in [3.05, 3.63) is 17.7 Å². The first-order chi connectivity index (χ1) is 13.3. The number of nitrogens with two attached hydrogens (primary N) is 1. The van der Waals surface area contributed by atoms with E-state index in [1.54, 1.807) is 12.1 Å². The van der Waals surface area contributed by atoms with Gasteiger partial charge in [0.05, 0.1) is 14.2 Å². The molecule has 0 spiro atoms. The molecule has 1 aliphatic heterocycles. The summed E-state index contributed by atoms with van der Waals surface area (Å²) >= 11 is 0. The van der Waals surface area contributed by atoms with Gasteiger partial charge in [-0.15, -0.1) is 0 Å². The van der Waals surface area contributed by atoms with Crippen molar-refractivity contribution in [3.63, 3.8) is 0 Å². The average Bonchev–Trinajstić information content (AvgIpc) is 2.64. The highest BCUT2D eigenvalue weighted by Crippen LogP contribution is 2.38. The molecule has 1 fully saturated rings. The van der Waals surface area contributed by atoms with Gasteiger partial charge in [-0.05, 0) is 30.4 Å². The summed E-state index contributed by atoms with van der Waals surface area (Å²) in [6.45, 7) is 7.72.